The van der Waals surface area contributed by atoms with Crippen molar-refractivity contribution in [1.82, 2.24) is 0 Å². The fourth-order valence-corrected chi connectivity index (χ4v) is 2.02. The van der Waals surface area contributed by atoms with Gasteiger partial charge in [0.1, 0.15) is 17.5 Å². The molecular formula is C14H10ClF3. The molecule has 1 atom stereocenters. The van der Waals surface area contributed by atoms with E-state index in [1.807, 2.05) is 0 Å². The molecule has 0 saturated carbocycles. The maximum Gasteiger partial charge on any atom is 0.131 e. The SMILES string of the molecule is Cc1cc(C(Cl)c2ccc(F)cc2F)ccc1F. The molecule has 4 heteroatoms. The Bertz CT molecular complexity index is 581. The molecule has 1 unspecified atom stereocenters. The third-order valence-electron chi connectivity index (χ3n) is 2.71. The van der Waals surface area contributed by atoms with E-state index in [0.717, 1.165) is 12.1 Å². The van der Waals surface area contributed by atoms with Crippen molar-refractivity contribution in [2.75, 3.05) is 0 Å². The third-order valence-corrected chi connectivity index (χ3v) is 3.20. The Morgan fingerprint density at radius 2 is 1.67 bits per heavy atom. The number of hydrogen-bond acceptors (Lipinski definition) is 0. The second-order valence-corrected chi connectivity index (χ2v) is 4.47. The van der Waals surface area contributed by atoms with Crippen LogP contribution in [0.5, 0.6) is 0 Å². The molecule has 0 aliphatic heterocycles. The molecule has 2 rings (SSSR count). The number of benzene rings is 2. The molecule has 0 amide bonds. The number of alkyl halides is 1. The van der Waals surface area contributed by atoms with Gasteiger partial charge in [0.15, 0.2) is 0 Å². The number of hydrogen-bond donors (Lipinski definition) is 0. The number of halogens is 4. The highest BCUT2D eigenvalue weighted by molar-refractivity contribution is 6.22. The van der Waals surface area contributed by atoms with Crippen molar-refractivity contribution in [3.63, 3.8) is 0 Å². The average molecular weight is 271 g/mol. The van der Waals surface area contributed by atoms with E-state index in [4.69, 9.17) is 11.6 Å². The standard InChI is InChI=1S/C14H10ClF3/c1-8-6-9(2-5-12(8)17)14(15)11-4-3-10(16)7-13(11)18/h2-7,14H,1H3. The summed E-state index contributed by atoms with van der Waals surface area (Å²) < 4.78 is 39.5. The van der Waals surface area contributed by atoms with Gasteiger partial charge in [0.05, 0.1) is 5.38 Å². The predicted molar refractivity (Wildman–Crippen MR) is 65.2 cm³/mol. The van der Waals surface area contributed by atoms with Crippen LogP contribution in [0.15, 0.2) is 36.4 Å². The first-order valence-electron chi connectivity index (χ1n) is 5.34. The van der Waals surface area contributed by atoms with E-state index in [2.05, 4.69) is 0 Å². The molecule has 0 bridgehead atoms. The van der Waals surface area contributed by atoms with Crippen LogP contribution in [0.1, 0.15) is 22.1 Å². The largest absolute Gasteiger partial charge is 0.207 e. The van der Waals surface area contributed by atoms with Gasteiger partial charge >= 0.3 is 0 Å². The lowest BCUT2D eigenvalue weighted by molar-refractivity contribution is 0.573. The van der Waals surface area contributed by atoms with E-state index in [1.165, 1.54) is 18.2 Å². The van der Waals surface area contributed by atoms with Crippen LogP contribution in [0.25, 0.3) is 0 Å². The van der Waals surface area contributed by atoms with Crippen molar-refractivity contribution in [1.29, 1.82) is 0 Å². The Morgan fingerprint density at radius 3 is 2.28 bits per heavy atom. The molecule has 18 heavy (non-hydrogen) atoms. The van der Waals surface area contributed by atoms with E-state index in [0.29, 0.717) is 11.1 Å². The van der Waals surface area contributed by atoms with E-state index < -0.39 is 17.0 Å². The molecule has 94 valence electrons. The van der Waals surface area contributed by atoms with Crippen LogP contribution < -0.4 is 0 Å². The summed E-state index contributed by atoms with van der Waals surface area (Å²) in [4.78, 5) is 0. The Balaban J connectivity index is 2.41. The van der Waals surface area contributed by atoms with Crippen LogP contribution in [0.4, 0.5) is 13.2 Å². The normalized spacial score (nSPS) is 12.5. The lowest BCUT2D eigenvalue weighted by Crippen LogP contribution is -1.99. The summed E-state index contributed by atoms with van der Waals surface area (Å²) in [5.41, 5.74) is 1.17. The molecule has 0 spiro atoms. The lowest BCUT2D eigenvalue weighted by Gasteiger charge is -2.12. The summed E-state index contributed by atoms with van der Waals surface area (Å²) in [6.07, 6.45) is 0. The minimum absolute atomic E-state index is 0.170. The number of rotatable bonds is 2. The molecule has 0 radical (unpaired) electrons. The fourth-order valence-electron chi connectivity index (χ4n) is 1.71. The summed E-state index contributed by atoms with van der Waals surface area (Å²) in [5, 5.41) is -0.773. The van der Waals surface area contributed by atoms with Crippen LogP contribution in [-0.4, -0.2) is 0 Å². The first kappa shape index (κ1) is 13.0. The summed E-state index contributed by atoms with van der Waals surface area (Å²) >= 11 is 6.13. The smallest absolute Gasteiger partial charge is 0.131 e. The van der Waals surface area contributed by atoms with Gasteiger partial charge in [-0.15, -0.1) is 11.6 Å². The highest BCUT2D eigenvalue weighted by Gasteiger charge is 2.16. The Labute approximate surface area is 108 Å². The molecule has 2 aromatic rings. The second kappa shape index (κ2) is 5.02. The summed E-state index contributed by atoms with van der Waals surface area (Å²) in [5.74, 6) is -1.71. The monoisotopic (exact) mass is 270 g/mol. The Kier molecular flexibility index (Phi) is 3.62. The summed E-state index contributed by atoms with van der Waals surface area (Å²) in [7, 11) is 0. The predicted octanol–water partition coefficient (Wildman–Crippen LogP) is 4.74. The summed E-state index contributed by atoms with van der Waals surface area (Å²) in [6, 6.07) is 7.53. The van der Waals surface area contributed by atoms with Crippen LogP contribution in [0.3, 0.4) is 0 Å². The minimum Gasteiger partial charge on any atom is -0.207 e. The molecule has 0 nitrogen and oxygen atoms in total. The summed E-state index contributed by atoms with van der Waals surface area (Å²) in [6.45, 7) is 1.60. The van der Waals surface area contributed by atoms with Gasteiger partial charge in [0.25, 0.3) is 0 Å². The van der Waals surface area contributed by atoms with Gasteiger partial charge in [-0.3, -0.25) is 0 Å². The van der Waals surface area contributed by atoms with Gasteiger partial charge in [0, 0.05) is 11.6 Å². The van der Waals surface area contributed by atoms with Crippen molar-refractivity contribution in [2.24, 2.45) is 0 Å². The number of aryl methyl sites for hydroxylation is 1. The van der Waals surface area contributed by atoms with E-state index in [1.54, 1.807) is 13.0 Å². The highest BCUT2D eigenvalue weighted by atomic mass is 35.5. The molecule has 0 aliphatic carbocycles. The maximum atomic E-state index is 13.6. The van der Waals surface area contributed by atoms with Gasteiger partial charge < -0.3 is 0 Å². The van der Waals surface area contributed by atoms with Gasteiger partial charge in [-0.1, -0.05) is 18.2 Å². The van der Waals surface area contributed by atoms with Crippen molar-refractivity contribution in [3.05, 3.63) is 70.5 Å². The first-order chi connectivity index (χ1) is 8.49. The molecule has 2 aromatic carbocycles. The van der Waals surface area contributed by atoms with Crippen molar-refractivity contribution in [3.8, 4) is 0 Å². The van der Waals surface area contributed by atoms with Gasteiger partial charge in [-0.05, 0) is 30.2 Å². The van der Waals surface area contributed by atoms with Crippen LogP contribution in [0.2, 0.25) is 0 Å². The maximum absolute atomic E-state index is 13.6. The first-order valence-corrected chi connectivity index (χ1v) is 5.78. The zero-order chi connectivity index (χ0) is 13.3. The quantitative estimate of drug-likeness (QED) is 0.692. The Hall–Kier alpha value is -1.48. The van der Waals surface area contributed by atoms with E-state index >= 15 is 0 Å². The average Bonchev–Trinajstić information content (AvgIpc) is 2.32. The topological polar surface area (TPSA) is 0 Å². The van der Waals surface area contributed by atoms with Crippen molar-refractivity contribution in [2.45, 2.75) is 12.3 Å². The molecule has 0 aromatic heterocycles. The molecule has 0 N–H and O–H groups in total. The molecule has 0 fully saturated rings. The molecule has 0 saturated heterocycles. The van der Waals surface area contributed by atoms with Gasteiger partial charge in [0.2, 0.25) is 0 Å². The van der Waals surface area contributed by atoms with Gasteiger partial charge in [-0.25, -0.2) is 13.2 Å². The van der Waals surface area contributed by atoms with E-state index in [9.17, 15) is 13.2 Å². The molecule has 0 heterocycles. The van der Waals surface area contributed by atoms with Crippen LogP contribution in [-0.2, 0) is 0 Å². The molecular weight excluding hydrogens is 261 g/mol. The minimum atomic E-state index is -0.773. The highest BCUT2D eigenvalue weighted by Crippen LogP contribution is 2.31. The third kappa shape index (κ3) is 2.51. The van der Waals surface area contributed by atoms with Crippen molar-refractivity contribution < 1.29 is 13.2 Å². The zero-order valence-corrected chi connectivity index (χ0v) is 10.3. The van der Waals surface area contributed by atoms with Crippen LogP contribution >= 0.6 is 11.6 Å². The Morgan fingerprint density at radius 1 is 0.944 bits per heavy atom. The second-order valence-electron chi connectivity index (χ2n) is 4.04. The van der Waals surface area contributed by atoms with Gasteiger partial charge in [-0.2, -0.15) is 0 Å². The lowest BCUT2D eigenvalue weighted by atomic mass is 10.0. The zero-order valence-electron chi connectivity index (χ0n) is 9.55. The van der Waals surface area contributed by atoms with Crippen molar-refractivity contribution >= 4 is 11.6 Å². The fraction of sp³-hybridized carbons (Fsp3) is 0.143. The van der Waals surface area contributed by atoms with Crippen LogP contribution in [0, 0.1) is 24.4 Å². The van der Waals surface area contributed by atoms with E-state index in [-0.39, 0.29) is 11.4 Å². The molecule has 0 aliphatic rings.